The number of carbonyl (C=O) groups is 2. The molecule has 1 saturated heterocycles. The van der Waals surface area contributed by atoms with Crippen LogP contribution in [0.25, 0.3) is 0 Å². The van der Waals surface area contributed by atoms with E-state index in [2.05, 4.69) is 31.3 Å². The quantitative estimate of drug-likeness (QED) is 0.586. The molecule has 0 saturated carbocycles. The summed E-state index contributed by atoms with van der Waals surface area (Å²) < 4.78 is 0. The highest BCUT2D eigenvalue weighted by Gasteiger charge is 2.58. The Morgan fingerprint density at radius 3 is 2.17 bits per heavy atom. The average Bonchev–Trinajstić information content (AvgIpc) is 2.74. The number of carbonyl (C=O) groups excluding carboxylic acids is 2. The zero-order valence-electron chi connectivity index (χ0n) is 17.6. The second kappa shape index (κ2) is 7.79. The fraction of sp³-hybridized carbons (Fsp3) is 0.231. The first-order chi connectivity index (χ1) is 14.4. The third-order valence-electron chi connectivity index (χ3n) is 5.88. The predicted molar refractivity (Wildman–Crippen MR) is 121 cm³/mol. The van der Waals surface area contributed by atoms with Crippen LogP contribution in [0.4, 0.5) is 11.4 Å². The molecule has 0 aromatic heterocycles. The van der Waals surface area contributed by atoms with Crippen LogP contribution in [0.2, 0.25) is 0 Å². The normalized spacial score (nSPS) is 18.3. The second-order valence-electron chi connectivity index (χ2n) is 8.15. The molecule has 1 aliphatic heterocycles. The van der Waals surface area contributed by atoms with Gasteiger partial charge < -0.3 is 5.32 Å². The molecule has 4 nitrogen and oxygen atoms in total. The van der Waals surface area contributed by atoms with Gasteiger partial charge in [-0.05, 0) is 47.7 Å². The highest BCUT2D eigenvalue weighted by molar-refractivity contribution is 6.17. The summed E-state index contributed by atoms with van der Waals surface area (Å²) in [7, 11) is 0. The highest BCUT2D eigenvalue weighted by atomic mass is 16.2. The van der Waals surface area contributed by atoms with Crippen LogP contribution >= 0.6 is 0 Å². The van der Waals surface area contributed by atoms with Crippen LogP contribution < -0.4 is 10.2 Å². The second-order valence-corrected chi connectivity index (χ2v) is 8.15. The molecule has 1 N–H and O–H groups in total. The highest BCUT2D eigenvalue weighted by Crippen LogP contribution is 2.46. The monoisotopic (exact) mass is 398 g/mol. The van der Waals surface area contributed by atoms with Crippen molar-refractivity contribution in [2.24, 2.45) is 0 Å². The van der Waals surface area contributed by atoms with Gasteiger partial charge in [0.25, 0.3) is 5.91 Å². The van der Waals surface area contributed by atoms with Crippen LogP contribution in [0.3, 0.4) is 0 Å². The van der Waals surface area contributed by atoms with Crippen molar-refractivity contribution in [2.75, 3.05) is 10.2 Å². The lowest BCUT2D eigenvalue weighted by Gasteiger charge is -2.50. The van der Waals surface area contributed by atoms with Crippen molar-refractivity contribution >= 4 is 23.2 Å². The van der Waals surface area contributed by atoms with Gasteiger partial charge >= 0.3 is 0 Å². The van der Waals surface area contributed by atoms with E-state index in [0.29, 0.717) is 5.92 Å². The Labute approximate surface area is 177 Å². The first-order valence-electron chi connectivity index (χ1n) is 10.3. The molecule has 0 spiro atoms. The van der Waals surface area contributed by atoms with Crippen LogP contribution in [0.15, 0.2) is 78.9 Å². The molecular weight excluding hydrogens is 372 g/mol. The lowest BCUT2D eigenvalue weighted by atomic mass is 9.75. The van der Waals surface area contributed by atoms with Gasteiger partial charge in [-0.1, -0.05) is 74.5 Å². The fourth-order valence-corrected chi connectivity index (χ4v) is 4.07. The number of benzene rings is 3. The summed E-state index contributed by atoms with van der Waals surface area (Å²) in [4.78, 5) is 28.1. The van der Waals surface area contributed by atoms with Gasteiger partial charge in [-0.25, -0.2) is 0 Å². The Balaban J connectivity index is 1.80. The van der Waals surface area contributed by atoms with Crippen molar-refractivity contribution in [3.8, 4) is 0 Å². The van der Waals surface area contributed by atoms with Crippen molar-refractivity contribution in [2.45, 2.75) is 38.6 Å². The van der Waals surface area contributed by atoms with E-state index < -0.39 is 5.54 Å². The zero-order chi connectivity index (χ0) is 21.3. The Morgan fingerprint density at radius 1 is 0.933 bits per heavy atom. The van der Waals surface area contributed by atoms with Crippen molar-refractivity contribution in [1.82, 2.24) is 0 Å². The van der Waals surface area contributed by atoms with Gasteiger partial charge in [0.15, 0.2) is 5.54 Å². The first-order valence-corrected chi connectivity index (χ1v) is 10.3. The number of nitrogens with one attached hydrogen (secondary N) is 1. The van der Waals surface area contributed by atoms with Gasteiger partial charge in [-0.2, -0.15) is 0 Å². The smallest absolute Gasteiger partial charge is 0.255 e. The Hall–Kier alpha value is -3.40. The van der Waals surface area contributed by atoms with Gasteiger partial charge in [-0.3, -0.25) is 14.5 Å². The fourth-order valence-electron chi connectivity index (χ4n) is 4.07. The first kappa shape index (κ1) is 19.9. The molecule has 1 unspecified atom stereocenters. The Kier molecular flexibility index (Phi) is 5.17. The van der Waals surface area contributed by atoms with Crippen molar-refractivity contribution in [3.05, 3.63) is 95.6 Å². The molecule has 30 heavy (non-hydrogen) atoms. The summed E-state index contributed by atoms with van der Waals surface area (Å²) in [6.45, 7) is 6.23. The predicted octanol–water partition coefficient (Wildman–Crippen LogP) is 5.39. The maximum absolute atomic E-state index is 13.7. The van der Waals surface area contributed by atoms with E-state index in [1.165, 1.54) is 5.56 Å². The minimum Gasteiger partial charge on any atom is -0.323 e. The maximum Gasteiger partial charge on any atom is 0.255 e. The molecule has 1 heterocycles. The van der Waals surface area contributed by atoms with Crippen LogP contribution in [0.1, 0.15) is 42.9 Å². The van der Waals surface area contributed by atoms with E-state index in [4.69, 9.17) is 0 Å². The van der Waals surface area contributed by atoms with Gasteiger partial charge in [0.2, 0.25) is 5.91 Å². The van der Waals surface area contributed by atoms with E-state index in [9.17, 15) is 9.59 Å². The number of rotatable bonds is 5. The minimum atomic E-state index is -1.07. The molecule has 1 aliphatic rings. The molecule has 4 heteroatoms. The molecule has 4 rings (SSSR count). The van der Waals surface area contributed by atoms with Crippen LogP contribution in [-0.2, 0) is 15.1 Å². The summed E-state index contributed by atoms with van der Waals surface area (Å²) >= 11 is 0. The molecule has 1 atom stereocenters. The van der Waals surface area contributed by atoms with Crippen molar-refractivity contribution < 1.29 is 9.59 Å². The molecule has 3 aromatic carbocycles. The molecule has 1 fully saturated rings. The van der Waals surface area contributed by atoms with E-state index in [1.807, 2.05) is 73.7 Å². The van der Waals surface area contributed by atoms with E-state index in [1.54, 1.807) is 4.90 Å². The summed E-state index contributed by atoms with van der Waals surface area (Å²) in [6, 6.07) is 25.2. The lowest BCUT2D eigenvalue weighted by Crippen LogP contribution is -2.67. The number of para-hydroxylation sites is 2. The molecule has 3 aromatic rings. The topological polar surface area (TPSA) is 49.4 Å². The summed E-state index contributed by atoms with van der Waals surface area (Å²) in [6.07, 6.45) is 0.140. The average molecular weight is 399 g/mol. The standard InChI is InChI=1S/C26H26N2O2/c1-18(2)20-13-15-21(16-14-20)26(25(30)27-23-12-8-7-9-19(23)3)17-24(29)28(26)22-10-5-4-6-11-22/h4-16,18H,17H2,1-3H3,(H,27,30). The van der Waals surface area contributed by atoms with Gasteiger partial charge in [0.1, 0.15) is 0 Å². The number of aryl methyl sites for hydroxylation is 1. The van der Waals surface area contributed by atoms with E-state index in [-0.39, 0.29) is 18.2 Å². The number of amides is 2. The number of anilines is 2. The SMILES string of the molecule is Cc1ccccc1NC(=O)C1(c2ccc(C(C)C)cc2)CC(=O)N1c1ccccc1. The Bertz CT molecular complexity index is 1070. The van der Waals surface area contributed by atoms with Crippen LogP contribution in [0, 0.1) is 6.92 Å². The largest absolute Gasteiger partial charge is 0.323 e. The molecule has 0 bridgehead atoms. The number of nitrogens with zero attached hydrogens (tertiary/aromatic N) is 1. The molecule has 2 amide bonds. The maximum atomic E-state index is 13.7. The third-order valence-corrected chi connectivity index (χ3v) is 5.88. The molecule has 0 aliphatic carbocycles. The molecule has 0 radical (unpaired) electrons. The summed E-state index contributed by atoms with van der Waals surface area (Å²) in [5, 5.41) is 3.08. The third kappa shape index (κ3) is 3.28. The minimum absolute atomic E-state index is 0.0610. The van der Waals surface area contributed by atoms with Crippen molar-refractivity contribution in [1.29, 1.82) is 0 Å². The van der Waals surface area contributed by atoms with E-state index >= 15 is 0 Å². The van der Waals surface area contributed by atoms with Gasteiger partial charge in [0.05, 0.1) is 6.42 Å². The van der Waals surface area contributed by atoms with Crippen LogP contribution in [0.5, 0.6) is 0 Å². The van der Waals surface area contributed by atoms with Gasteiger partial charge in [0, 0.05) is 11.4 Å². The van der Waals surface area contributed by atoms with Gasteiger partial charge in [-0.15, -0.1) is 0 Å². The Morgan fingerprint density at radius 2 is 1.57 bits per heavy atom. The molecular formula is C26H26N2O2. The molecule has 152 valence electrons. The number of hydrogen-bond donors (Lipinski definition) is 1. The zero-order valence-corrected chi connectivity index (χ0v) is 17.6. The number of β-lactam (4-membered cyclic amide) rings is 1. The summed E-state index contributed by atoms with van der Waals surface area (Å²) in [5.41, 5.74) is 3.41. The number of hydrogen-bond acceptors (Lipinski definition) is 2. The van der Waals surface area contributed by atoms with Crippen molar-refractivity contribution in [3.63, 3.8) is 0 Å². The van der Waals surface area contributed by atoms with E-state index in [0.717, 1.165) is 22.5 Å². The lowest BCUT2D eigenvalue weighted by molar-refractivity contribution is -0.137. The summed E-state index contributed by atoms with van der Waals surface area (Å²) in [5.74, 6) is 0.135. The van der Waals surface area contributed by atoms with Crippen LogP contribution in [-0.4, -0.2) is 11.8 Å².